The largest absolute Gasteiger partial charge is 1.00 e. The Labute approximate surface area is 136 Å². The van der Waals surface area contributed by atoms with Gasteiger partial charge in [-0.15, -0.1) is 10.2 Å². The van der Waals surface area contributed by atoms with Crippen molar-refractivity contribution in [3.63, 3.8) is 0 Å². The number of rotatable bonds is 4. The molecule has 114 valence electrons. The van der Waals surface area contributed by atoms with E-state index in [0.717, 1.165) is 0 Å². The summed E-state index contributed by atoms with van der Waals surface area (Å²) in [6.45, 7) is 2.70. The van der Waals surface area contributed by atoms with Gasteiger partial charge in [0, 0.05) is 32.7 Å². The van der Waals surface area contributed by atoms with Crippen molar-refractivity contribution in [2.45, 2.75) is 12.6 Å². The Hall–Kier alpha value is -0.823. The third-order valence-corrected chi connectivity index (χ3v) is 3.97. The Bertz CT molecular complexity index is 483. The molecule has 1 aromatic rings. The van der Waals surface area contributed by atoms with E-state index in [9.17, 15) is 18.0 Å². The van der Waals surface area contributed by atoms with Crippen LogP contribution < -0.4 is 23.8 Å². The van der Waals surface area contributed by atoms with Crippen LogP contribution in [-0.4, -0.2) is 58.9 Å². The first-order valence-corrected chi connectivity index (χ1v) is 6.77. The SMILES string of the molecule is O=C(O)CCN1CCN(c2nnc(C(F)(F)F)s2)CC1.[H-].[Li+]. The van der Waals surface area contributed by atoms with Crippen molar-refractivity contribution in [2.75, 3.05) is 37.6 Å². The van der Waals surface area contributed by atoms with Gasteiger partial charge < -0.3 is 11.4 Å². The zero-order chi connectivity index (χ0) is 14.8. The van der Waals surface area contributed by atoms with Crippen molar-refractivity contribution in [3.8, 4) is 0 Å². The molecule has 0 aliphatic carbocycles. The average molecular weight is 318 g/mol. The van der Waals surface area contributed by atoms with Crippen molar-refractivity contribution >= 4 is 22.4 Å². The van der Waals surface area contributed by atoms with Gasteiger partial charge in [0.1, 0.15) is 0 Å². The van der Waals surface area contributed by atoms with Crippen molar-refractivity contribution in [3.05, 3.63) is 5.01 Å². The first kappa shape index (κ1) is 18.2. The van der Waals surface area contributed by atoms with Crippen LogP contribution >= 0.6 is 11.3 Å². The first-order valence-electron chi connectivity index (χ1n) is 5.96. The second-order valence-electron chi connectivity index (χ2n) is 4.36. The van der Waals surface area contributed by atoms with E-state index in [1.165, 1.54) is 0 Å². The van der Waals surface area contributed by atoms with Crippen molar-refractivity contribution in [2.24, 2.45) is 0 Å². The second-order valence-corrected chi connectivity index (χ2v) is 5.32. The number of halogens is 3. The predicted molar refractivity (Wildman–Crippen MR) is 66.9 cm³/mol. The number of carboxylic acids is 1. The number of carbonyl (C=O) groups is 1. The third kappa shape index (κ3) is 5.14. The van der Waals surface area contributed by atoms with E-state index in [1.54, 1.807) is 4.90 Å². The van der Waals surface area contributed by atoms with Gasteiger partial charge >= 0.3 is 31.0 Å². The minimum Gasteiger partial charge on any atom is -1.00 e. The van der Waals surface area contributed by atoms with E-state index in [1.807, 2.05) is 4.90 Å². The van der Waals surface area contributed by atoms with E-state index >= 15 is 0 Å². The van der Waals surface area contributed by atoms with Crippen LogP contribution in [0.3, 0.4) is 0 Å². The number of aromatic nitrogens is 2. The number of hydrogen-bond donors (Lipinski definition) is 1. The molecule has 0 atom stereocenters. The Morgan fingerprint density at radius 1 is 1.29 bits per heavy atom. The van der Waals surface area contributed by atoms with Gasteiger partial charge in [0.25, 0.3) is 0 Å². The quantitative estimate of drug-likeness (QED) is 0.666. The van der Waals surface area contributed by atoms with Gasteiger partial charge in [0.15, 0.2) is 0 Å². The van der Waals surface area contributed by atoms with Crippen molar-refractivity contribution in [1.82, 2.24) is 15.1 Å². The summed E-state index contributed by atoms with van der Waals surface area (Å²) < 4.78 is 37.3. The molecule has 1 saturated heterocycles. The fourth-order valence-electron chi connectivity index (χ4n) is 1.87. The smallest absolute Gasteiger partial charge is 1.00 e. The van der Waals surface area contributed by atoms with E-state index in [0.29, 0.717) is 44.1 Å². The molecule has 1 N–H and O–H groups in total. The number of carboxylic acid groups (broad SMARTS) is 1. The molecule has 2 rings (SSSR count). The fraction of sp³-hybridized carbons (Fsp3) is 0.700. The molecule has 1 aromatic heterocycles. The van der Waals surface area contributed by atoms with Gasteiger partial charge in [-0.25, -0.2) is 0 Å². The zero-order valence-corrected chi connectivity index (χ0v) is 12.2. The van der Waals surface area contributed by atoms with Crippen LogP contribution in [0.25, 0.3) is 0 Å². The van der Waals surface area contributed by atoms with Gasteiger partial charge in [0.2, 0.25) is 10.1 Å². The van der Waals surface area contributed by atoms with Gasteiger partial charge in [-0.05, 0) is 0 Å². The molecular formula is C10H14F3LiN4O2S. The summed E-state index contributed by atoms with van der Waals surface area (Å²) in [6.07, 6.45) is -4.39. The molecule has 0 unspecified atom stereocenters. The van der Waals surface area contributed by atoms with E-state index in [4.69, 9.17) is 5.11 Å². The molecular weight excluding hydrogens is 304 g/mol. The topological polar surface area (TPSA) is 69.6 Å². The van der Waals surface area contributed by atoms with Crippen LogP contribution in [0.4, 0.5) is 18.3 Å². The molecule has 0 aromatic carbocycles. The summed E-state index contributed by atoms with van der Waals surface area (Å²) in [5, 5.41) is 14.6. The molecule has 2 heterocycles. The molecule has 0 amide bonds. The summed E-state index contributed by atoms with van der Waals surface area (Å²) in [4.78, 5) is 14.2. The van der Waals surface area contributed by atoms with Crippen LogP contribution in [0.5, 0.6) is 0 Å². The minimum atomic E-state index is -4.46. The maximum atomic E-state index is 12.4. The number of piperazine rings is 1. The third-order valence-electron chi connectivity index (χ3n) is 2.94. The van der Waals surface area contributed by atoms with E-state index in [-0.39, 0.29) is 31.8 Å². The first-order chi connectivity index (χ1) is 9.36. The molecule has 0 saturated carbocycles. The minimum absolute atomic E-state index is 0. The number of aliphatic carboxylic acids is 1. The molecule has 0 radical (unpaired) electrons. The maximum Gasteiger partial charge on any atom is 1.00 e. The number of nitrogens with zero attached hydrogens (tertiary/aromatic N) is 4. The Kier molecular flexibility index (Phi) is 6.46. The number of anilines is 1. The summed E-state index contributed by atoms with van der Waals surface area (Å²) in [7, 11) is 0. The van der Waals surface area contributed by atoms with Crippen LogP contribution in [0, 0.1) is 0 Å². The number of hydrogen-bond acceptors (Lipinski definition) is 6. The van der Waals surface area contributed by atoms with E-state index in [2.05, 4.69) is 10.2 Å². The molecule has 11 heteroatoms. The molecule has 1 fully saturated rings. The Balaban J connectivity index is 0.00000220. The maximum absolute atomic E-state index is 12.4. The monoisotopic (exact) mass is 318 g/mol. The molecule has 1 aliphatic heterocycles. The normalized spacial score (nSPS) is 16.6. The van der Waals surface area contributed by atoms with Crippen LogP contribution in [0.2, 0.25) is 0 Å². The summed E-state index contributed by atoms with van der Waals surface area (Å²) >= 11 is 0.532. The Morgan fingerprint density at radius 2 is 1.90 bits per heavy atom. The van der Waals surface area contributed by atoms with Crippen LogP contribution in [0.1, 0.15) is 12.9 Å². The van der Waals surface area contributed by atoms with E-state index < -0.39 is 17.2 Å². The van der Waals surface area contributed by atoms with Crippen molar-refractivity contribution in [1.29, 1.82) is 0 Å². The molecule has 0 spiro atoms. The fourth-order valence-corrected chi connectivity index (χ4v) is 2.64. The van der Waals surface area contributed by atoms with Gasteiger partial charge in [0.05, 0.1) is 6.42 Å². The molecule has 21 heavy (non-hydrogen) atoms. The van der Waals surface area contributed by atoms with Crippen LogP contribution in [0.15, 0.2) is 0 Å². The summed E-state index contributed by atoms with van der Waals surface area (Å²) in [6, 6.07) is 0. The van der Waals surface area contributed by atoms with Crippen LogP contribution in [-0.2, 0) is 11.0 Å². The zero-order valence-electron chi connectivity index (χ0n) is 12.4. The molecule has 0 bridgehead atoms. The molecule has 6 nitrogen and oxygen atoms in total. The summed E-state index contributed by atoms with van der Waals surface area (Å²) in [5.41, 5.74) is 0. The van der Waals surface area contributed by atoms with Gasteiger partial charge in [-0.1, -0.05) is 11.3 Å². The standard InChI is InChI=1S/C10H13F3N4O2S.Li.H/c11-10(12,13)8-14-15-9(20-8)17-5-3-16(4-6-17)2-1-7(18)19;;/h1-6H2,(H,18,19);;/q;+1;-1. The van der Waals surface area contributed by atoms with Crippen molar-refractivity contribution < 1.29 is 43.4 Å². The predicted octanol–water partition coefficient (Wildman–Crippen LogP) is -1.73. The number of alkyl halides is 3. The van der Waals surface area contributed by atoms with Gasteiger partial charge in [-0.2, -0.15) is 13.2 Å². The molecule has 1 aliphatic rings. The van der Waals surface area contributed by atoms with Gasteiger partial charge in [-0.3, -0.25) is 9.69 Å². The second kappa shape index (κ2) is 7.44. The summed E-state index contributed by atoms with van der Waals surface area (Å²) in [5.74, 6) is -0.855. The average Bonchev–Trinajstić information content (AvgIpc) is 2.86. The Morgan fingerprint density at radius 3 is 2.38 bits per heavy atom.